The van der Waals surface area contributed by atoms with Crippen molar-refractivity contribution in [1.82, 2.24) is 10.3 Å². The van der Waals surface area contributed by atoms with Gasteiger partial charge in [0.2, 0.25) is 5.78 Å². The molecule has 37 heavy (non-hydrogen) atoms. The number of aromatic amines is 1. The van der Waals surface area contributed by atoms with Crippen LogP contribution in [0, 0.1) is 13.8 Å². The number of nitrogens with one attached hydrogen (secondary N) is 2. The molecule has 2 aromatic carbocycles. The fourth-order valence-corrected chi connectivity index (χ4v) is 3.80. The van der Waals surface area contributed by atoms with Gasteiger partial charge in [0.05, 0.1) is 17.9 Å². The Balaban J connectivity index is 1.66. The summed E-state index contributed by atoms with van der Waals surface area (Å²) in [5, 5.41) is 2.54. The number of alkyl carbamates (subject to hydrolysis) is 1. The van der Waals surface area contributed by atoms with Gasteiger partial charge < -0.3 is 24.5 Å². The Labute approximate surface area is 215 Å². The van der Waals surface area contributed by atoms with Crippen molar-refractivity contribution < 1.29 is 33.4 Å². The zero-order valence-electron chi connectivity index (χ0n) is 21.0. The molecule has 1 heterocycles. The Bertz CT molecular complexity index is 1240. The molecule has 0 saturated heterocycles. The average molecular weight is 507 g/mol. The van der Waals surface area contributed by atoms with Crippen molar-refractivity contribution in [1.29, 1.82) is 0 Å². The molecule has 0 spiro atoms. The van der Waals surface area contributed by atoms with Crippen LogP contribution < -0.4 is 5.32 Å². The largest absolute Gasteiger partial charge is 0.462 e. The van der Waals surface area contributed by atoms with Gasteiger partial charge in [0.15, 0.2) is 6.61 Å². The number of ketones is 1. The smallest absolute Gasteiger partial charge is 0.408 e. The summed E-state index contributed by atoms with van der Waals surface area (Å²) in [6.45, 7) is 4.63. The molecule has 0 saturated carbocycles. The van der Waals surface area contributed by atoms with E-state index in [1.807, 2.05) is 60.7 Å². The molecule has 0 aliphatic carbocycles. The predicted octanol–water partition coefficient (Wildman–Crippen LogP) is 4.07. The van der Waals surface area contributed by atoms with Crippen LogP contribution in [0.1, 0.15) is 50.2 Å². The summed E-state index contributed by atoms with van der Waals surface area (Å²) in [6.07, 6.45) is -0.648. The van der Waals surface area contributed by atoms with E-state index in [2.05, 4.69) is 10.3 Å². The second-order valence-corrected chi connectivity index (χ2v) is 8.32. The molecule has 0 aliphatic heterocycles. The number of aromatic nitrogens is 1. The van der Waals surface area contributed by atoms with Gasteiger partial charge in [-0.05, 0) is 37.5 Å². The van der Waals surface area contributed by atoms with E-state index in [1.165, 1.54) is 0 Å². The van der Waals surface area contributed by atoms with Crippen LogP contribution in [-0.2, 0) is 32.0 Å². The summed E-state index contributed by atoms with van der Waals surface area (Å²) in [7, 11) is 0. The molecule has 0 bridgehead atoms. The number of carbonyl (C=O) groups is 4. The van der Waals surface area contributed by atoms with E-state index in [-0.39, 0.29) is 30.9 Å². The van der Waals surface area contributed by atoms with Crippen LogP contribution in [0.15, 0.2) is 60.7 Å². The van der Waals surface area contributed by atoms with Crippen molar-refractivity contribution in [2.24, 2.45) is 0 Å². The molecule has 9 nitrogen and oxygen atoms in total. The van der Waals surface area contributed by atoms with Crippen molar-refractivity contribution >= 4 is 23.8 Å². The first-order chi connectivity index (χ1) is 17.8. The Morgan fingerprint density at radius 3 is 2.11 bits per heavy atom. The van der Waals surface area contributed by atoms with Gasteiger partial charge in [-0.25, -0.2) is 14.4 Å². The number of Topliss-reactive ketones (excluding diaryl/α,β-unsaturated/α-hetero) is 1. The maximum atomic E-state index is 12.9. The minimum Gasteiger partial charge on any atom is -0.462 e. The first kappa shape index (κ1) is 27.2. The standard InChI is InChI=1S/C28H30N2O7/c1-4-35-27(33)24-18(2)25(29-19(24)3)23(31)17-36-26(32)22(15-20-11-7-5-8-12-20)30-28(34)37-16-21-13-9-6-10-14-21/h5-14,22,29H,4,15-17H2,1-3H3,(H,30,34)/t22-/m0/s1. The summed E-state index contributed by atoms with van der Waals surface area (Å²) in [4.78, 5) is 53.2. The normalized spacial score (nSPS) is 11.3. The van der Waals surface area contributed by atoms with Gasteiger partial charge in [0.25, 0.3) is 0 Å². The molecule has 0 unspecified atom stereocenters. The molecule has 2 N–H and O–H groups in total. The maximum absolute atomic E-state index is 12.9. The van der Waals surface area contributed by atoms with Crippen molar-refractivity contribution in [2.75, 3.05) is 13.2 Å². The van der Waals surface area contributed by atoms with Crippen LogP contribution >= 0.6 is 0 Å². The lowest BCUT2D eigenvalue weighted by Crippen LogP contribution is -2.44. The summed E-state index contributed by atoms with van der Waals surface area (Å²) in [6, 6.07) is 17.1. The maximum Gasteiger partial charge on any atom is 0.408 e. The number of esters is 2. The van der Waals surface area contributed by atoms with Gasteiger partial charge in [-0.2, -0.15) is 0 Å². The van der Waals surface area contributed by atoms with Gasteiger partial charge >= 0.3 is 18.0 Å². The number of rotatable bonds is 11. The number of amides is 1. The lowest BCUT2D eigenvalue weighted by Gasteiger charge is -2.17. The highest BCUT2D eigenvalue weighted by Crippen LogP contribution is 2.20. The van der Waals surface area contributed by atoms with Crippen LogP contribution in [0.5, 0.6) is 0 Å². The third-order valence-corrected chi connectivity index (χ3v) is 5.61. The first-order valence-corrected chi connectivity index (χ1v) is 11.9. The quantitative estimate of drug-likeness (QED) is 0.228. The van der Waals surface area contributed by atoms with Gasteiger partial charge in [-0.3, -0.25) is 4.79 Å². The van der Waals surface area contributed by atoms with E-state index in [4.69, 9.17) is 14.2 Å². The summed E-state index contributed by atoms with van der Waals surface area (Å²) in [5.41, 5.74) is 2.92. The molecule has 1 aromatic heterocycles. The van der Waals surface area contributed by atoms with Gasteiger partial charge in [-0.1, -0.05) is 60.7 Å². The van der Waals surface area contributed by atoms with E-state index < -0.39 is 36.5 Å². The molecule has 194 valence electrons. The van der Waals surface area contributed by atoms with Crippen molar-refractivity contribution in [3.8, 4) is 0 Å². The van der Waals surface area contributed by atoms with Crippen molar-refractivity contribution in [2.45, 2.75) is 39.8 Å². The third-order valence-electron chi connectivity index (χ3n) is 5.61. The fraction of sp³-hybridized carbons (Fsp3) is 0.286. The molecule has 0 fully saturated rings. The average Bonchev–Trinajstić information content (AvgIpc) is 3.20. The van der Waals surface area contributed by atoms with Crippen LogP contribution in [-0.4, -0.2) is 48.1 Å². The summed E-state index contributed by atoms with van der Waals surface area (Å²) < 4.78 is 15.6. The molecule has 3 aromatic rings. The second kappa shape index (κ2) is 13.1. The number of carbonyl (C=O) groups excluding carboxylic acids is 4. The van der Waals surface area contributed by atoms with E-state index in [9.17, 15) is 19.2 Å². The molecule has 1 atom stereocenters. The van der Waals surface area contributed by atoms with E-state index in [0.29, 0.717) is 11.3 Å². The second-order valence-electron chi connectivity index (χ2n) is 8.32. The molecule has 1 amide bonds. The zero-order chi connectivity index (χ0) is 26.8. The number of aryl methyl sites for hydroxylation is 1. The molecular weight excluding hydrogens is 476 g/mol. The minimum absolute atomic E-state index is 0.0342. The van der Waals surface area contributed by atoms with Crippen LogP contribution in [0.3, 0.4) is 0 Å². The van der Waals surface area contributed by atoms with Crippen LogP contribution in [0.4, 0.5) is 4.79 Å². The number of H-pyrrole nitrogens is 1. The Morgan fingerprint density at radius 1 is 0.865 bits per heavy atom. The van der Waals surface area contributed by atoms with E-state index >= 15 is 0 Å². The van der Waals surface area contributed by atoms with Gasteiger partial charge in [0, 0.05) is 12.1 Å². The predicted molar refractivity (Wildman–Crippen MR) is 135 cm³/mol. The Hall–Kier alpha value is -4.40. The Kier molecular flexibility index (Phi) is 9.60. The lowest BCUT2D eigenvalue weighted by molar-refractivity contribution is -0.144. The summed E-state index contributed by atoms with van der Waals surface area (Å²) in [5.74, 6) is -1.85. The highest BCUT2D eigenvalue weighted by molar-refractivity contribution is 6.02. The molecule has 9 heteroatoms. The minimum atomic E-state index is -1.08. The van der Waals surface area contributed by atoms with Gasteiger partial charge in [-0.15, -0.1) is 0 Å². The molecule has 0 aliphatic rings. The number of hydrogen-bond acceptors (Lipinski definition) is 7. The Morgan fingerprint density at radius 2 is 1.49 bits per heavy atom. The number of benzene rings is 2. The molecule has 0 radical (unpaired) electrons. The molecular formula is C28H30N2O7. The summed E-state index contributed by atoms with van der Waals surface area (Å²) >= 11 is 0. The highest BCUT2D eigenvalue weighted by Gasteiger charge is 2.27. The van der Waals surface area contributed by atoms with E-state index in [1.54, 1.807) is 20.8 Å². The van der Waals surface area contributed by atoms with Crippen LogP contribution in [0.2, 0.25) is 0 Å². The molecule has 3 rings (SSSR count). The third kappa shape index (κ3) is 7.54. The van der Waals surface area contributed by atoms with E-state index in [0.717, 1.165) is 11.1 Å². The van der Waals surface area contributed by atoms with Gasteiger partial charge in [0.1, 0.15) is 12.6 Å². The monoisotopic (exact) mass is 506 g/mol. The number of hydrogen-bond donors (Lipinski definition) is 2. The number of ether oxygens (including phenoxy) is 3. The zero-order valence-corrected chi connectivity index (χ0v) is 21.0. The lowest BCUT2D eigenvalue weighted by atomic mass is 10.1. The topological polar surface area (TPSA) is 124 Å². The SMILES string of the molecule is CCOC(=O)c1c(C)[nH]c(C(=O)COC(=O)[C@H](Cc2ccccc2)NC(=O)OCc2ccccc2)c1C. The van der Waals surface area contributed by atoms with Crippen LogP contribution in [0.25, 0.3) is 0 Å². The first-order valence-electron chi connectivity index (χ1n) is 11.9. The highest BCUT2D eigenvalue weighted by atomic mass is 16.6. The van der Waals surface area contributed by atoms with Crippen molar-refractivity contribution in [3.63, 3.8) is 0 Å². The fourth-order valence-electron chi connectivity index (χ4n) is 3.80. The van der Waals surface area contributed by atoms with Crippen molar-refractivity contribution in [3.05, 3.63) is 94.3 Å².